The van der Waals surface area contributed by atoms with Gasteiger partial charge in [0.2, 0.25) is 0 Å². The van der Waals surface area contributed by atoms with Crippen LogP contribution in [0.3, 0.4) is 0 Å². The van der Waals surface area contributed by atoms with Crippen molar-refractivity contribution in [3.8, 4) is 0 Å². The SMILES string of the molecule is CC(=O)c1ccc(S(=O)(=O)Nc2ccc(Cl)cc2Cl)cc1. The van der Waals surface area contributed by atoms with Gasteiger partial charge in [0, 0.05) is 10.6 Å². The molecule has 0 aliphatic carbocycles. The lowest BCUT2D eigenvalue weighted by Gasteiger charge is -2.10. The van der Waals surface area contributed by atoms with Crippen molar-refractivity contribution in [2.24, 2.45) is 0 Å². The van der Waals surface area contributed by atoms with Crippen molar-refractivity contribution in [3.05, 3.63) is 58.1 Å². The molecule has 0 saturated carbocycles. The summed E-state index contributed by atoms with van der Waals surface area (Å²) in [6, 6.07) is 10.1. The van der Waals surface area contributed by atoms with Gasteiger partial charge in [0.15, 0.2) is 5.78 Å². The largest absolute Gasteiger partial charge is 0.295 e. The third kappa shape index (κ3) is 3.75. The fraction of sp³-hybridized carbons (Fsp3) is 0.0714. The Morgan fingerprint density at radius 2 is 1.67 bits per heavy atom. The fourth-order valence-corrected chi connectivity index (χ4v) is 3.24. The van der Waals surface area contributed by atoms with E-state index in [1.807, 2.05) is 0 Å². The van der Waals surface area contributed by atoms with E-state index in [0.29, 0.717) is 10.6 Å². The molecule has 0 amide bonds. The maximum Gasteiger partial charge on any atom is 0.261 e. The van der Waals surface area contributed by atoms with Crippen LogP contribution < -0.4 is 4.72 Å². The van der Waals surface area contributed by atoms with E-state index in [2.05, 4.69) is 4.72 Å². The molecule has 0 heterocycles. The van der Waals surface area contributed by atoms with Gasteiger partial charge in [-0.2, -0.15) is 0 Å². The van der Waals surface area contributed by atoms with Gasteiger partial charge in [-0.05, 0) is 37.3 Å². The number of hydrogen-bond acceptors (Lipinski definition) is 3. The van der Waals surface area contributed by atoms with E-state index in [1.54, 1.807) is 0 Å². The summed E-state index contributed by atoms with van der Waals surface area (Å²) in [7, 11) is -3.78. The number of hydrogen-bond donors (Lipinski definition) is 1. The topological polar surface area (TPSA) is 63.2 Å². The molecule has 21 heavy (non-hydrogen) atoms. The number of sulfonamides is 1. The van der Waals surface area contributed by atoms with E-state index in [0.717, 1.165) is 0 Å². The van der Waals surface area contributed by atoms with Crippen molar-refractivity contribution in [1.82, 2.24) is 0 Å². The zero-order valence-corrected chi connectivity index (χ0v) is 13.3. The van der Waals surface area contributed by atoms with E-state index < -0.39 is 10.0 Å². The highest BCUT2D eigenvalue weighted by Gasteiger charge is 2.16. The van der Waals surface area contributed by atoms with Crippen molar-refractivity contribution in [2.75, 3.05) is 4.72 Å². The van der Waals surface area contributed by atoms with Crippen LogP contribution in [-0.4, -0.2) is 14.2 Å². The van der Waals surface area contributed by atoms with Crippen molar-refractivity contribution in [3.63, 3.8) is 0 Å². The van der Waals surface area contributed by atoms with E-state index in [4.69, 9.17) is 23.2 Å². The van der Waals surface area contributed by atoms with Crippen LogP contribution in [-0.2, 0) is 10.0 Å². The Labute approximate surface area is 132 Å². The van der Waals surface area contributed by atoms with Gasteiger partial charge < -0.3 is 0 Å². The Morgan fingerprint density at radius 1 is 1.05 bits per heavy atom. The summed E-state index contributed by atoms with van der Waals surface area (Å²) in [6.07, 6.45) is 0. The predicted molar refractivity (Wildman–Crippen MR) is 83.7 cm³/mol. The minimum atomic E-state index is -3.78. The first-order valence-corrected chi connectivity index (χ1v) is 8.12. The molecule has 0 radical (unpaired) electrons. The molecule has 0 saturated heterocycles. The van der Waals surface area contributed by atoms with Crippen molar-refractivity contribution < 1.29 is 13.2 Å². The Bertz CT molecular complexity index is 786. The minimum absolute atomic E-state index is 0.0403. The lowest BCUT2D eigenvalue weighted by molar-refractivity contribution is 0.101. The molecule has 0 bridgehead atoms. The Hall–Kier alpha value is -1.56. The number of halogens is 2. The van der Waals surface area contributed by atoms with Crippen LogP contribution in [0.25, 0.3) is 0 Å². The van der Waals surface area contributed by atoms with Crippen LogP contribution in [0.5, 0.6) is 0 Å². The summed E-state index contributed by atoms with van der Waals surface area (Å²) < 4.78 is 26.8. The van der Waals surface area contributed by atoms with Gasteiger partial charge in [-0.3, -0.25) is 9.52 Å². The molecule has 0 aliphatic rings. The fourth-order valence-electron chi connectivity index (χ4n) is 1.64. The molecule has 7 heteroatoms. The van der Waals surface area contributed by atoms with E-state index in [1.165, 1.54) is 49.4 Å². The number of rotatable bonds is 4. The first kappa shape index (κ1) is 15.8. The van der Waals surface area contributed by atoms with Crippen LogP contribution in [0.2, 0.25) is 10.0 Å². The Balaban J connectivity index is 2.31. The second kappa shape index (κ2) is 6.05. The predicted octanol–water partition coefficient (Wildman–Crippen LogP) is 4.00. The molecule has 2 aromatic rings. The number of carbonyl (C=O) groups is 1. The maximum atomic E-state index is 12.2. The first-order valence-electron chi connectivity index (χ1n) is 5.88. The Morgan fingerprint density at radius 3 is 2.19 bits per heavy atom. The van der Waals surface area contributed by atoms with Gasteiger partial charge in [0.05, 0.1) is 15.6 Å². The first-order chi connectivity index (χ1) is 9.79. The van der Waals surface area contributed by atoms with Gasteiger partial charge in [-0.1, -0.05) is 35.3 Å². The monoisotopic (exact) mass is 343 g/mol. The molecular weight excluding hydrogens is 333 g/mol. The summed E-state index contributed by atoms with van der Waals surface area (Å²) in [5, 5.41) is 0.611. The third-order valence-corrected chi connectivity index (χ3v) is 4.68. The lowest BCUT2D eigenvalue weighted by atomic mass is 10.2. The number of benzene rings is 2. The van der Waals surface area contributed by atoms with Crippen molar-refractivity contribution in [1.29, 1.82) is 0 Å². The van der Waals surface area contributed by atoms with Gasteiger partial charge in [-0.25, -0.2) is 8.42 Å². The van der Waals surface area contributed by atoms with Crippen molar-refractivity contribution in [2.45, 2.75) is 11.8 Å². The number of Topliss-reactive ketones (excluding diaryl/α,β-unsaturated/α-hetero) is 1. The molecule has 2 aromatic carbocycles. The summed E-state index contributed by atoms with van der Waals surface area (Å²) in [6.45, 7) is 1.41. The second-order valence-electron chi connectivity index (χ2n) is 4.31. The average molecular weight is 344 g/mol. The van der Waals surface area contributed by atoms with E-state index >= 15 is 0 Å². The summed E-state index contributed by atoms with van der Waals surface area (Å²) >= 11 is 11.7. The maximum absolute atomic E-state index is 12.2. The van der Waals surface area contributed by atoms with E-state index in [-0.39, 0.29) is 21.4 Å². The standard InChI is InChI=1S/C14H11Cl2NO3S/c1-9(18)10-2-5-12(6-3-10)21(19,20)17-14-7-4-11(15)8-13(14)16/h2-8,17H,1H3. The quantitative estimate of drug-likeness (QED) is 0.853. The molecule has 0 spiro atoms. The van der Waals surface area contributed by atoms with Crippen LogP contribution in [0, 0.1) is 0 Å². The zero-order chi connectivity index (χ0) is 15.6. The van der Waals surface area contributed by atoms with Crippen LogP contribution in [0.1, 0.15) is 17.3 Å². The second-order valence-corrected chi connectivity index (χ2v) is 6.84. The number of anilines is 1. The molecule has 4 nitrogen and oxygen atoms in total. The summed E-state index contributed by atoms with van der Waals surface area (Å²) in [4.78, 5) is 11.2. The van der Waals surface area contributed by atoms with Crippen LogP contribution in [0.4, 0.5) is 5.69 Å². The molecular formula is C14H11Cl2NO3S. The lowest BCUT2D eigenvalue weighted by Crippen LogP contribution is -2.13. The van der Waals surface area contributed by atoms with Gasteiger partial charge in [0.25, 0.3) is 10.0 Å². The summed E-state index contributed by atoms with van der Waals surface area (Å²) in [5.41, 5.74) is 0.676. The zero-order valence-electron chi connectivity index (χ0n) is 10.9. The molecule has 1 N–H and O–H groups in total. The average Bonchev–Trinajstić information content (AvgIpc) is 2.42. The van der Waals surface area contributed by atoms with Gasteiger partial charge in [0.1, 0.15) is 0 Å². The third-order valence-electron chi connectivity index (χ3n) is 2.75. The summed E-state index contributed by atoms with van der Waals surface area (Å²) in [5.74, 6) is -0.132. The number of nitrogens with one attached hydrogen (secondary N) is 1. The van der Waals surface area contributed by atoms with E-state index in [9.17, 15) is 13.2 Å². The van der Waals surface area contributed by atoms with Crippen LogP contribution >= 0.6 is 23.2 Å². The molecule has 0 aliphatic heterocycles. The number of carbonyl (C=O) groups excluding carboxylic acids is 1. The normalized spacial score (nSPS) is 11.2. The van der Waals surface area contributed by atoms with Gasteiger partial charge in [-0.15, -0.1) is 0 Å². The molecule has 0 fully saturated rings. The number of ketones is 1. The van der Waals surface area contributed by atoms with Crippen LogP contribution in [0.15, 0.2) is 47.4 Å². The molecule has 2 rings (SSSR count). The Kier molecular flexibility index (Phi) is 4.56. The smallest absolute Gasteiger partial charge is 0.261 e. The van der Waals surface area contributed by atoms with Crippen molar-refractivity contribution >= 4 is 44.7 Å². The molecule has 110 valence electrons. The molecule has 0 unspecified atom stereocenters. The highest BCUT2D eigenvalue weighted by molar-refractivity contribution is 7.92. The minimum Gasteiger partial charge on any atom is -0.295 e. The molecule has 0 aromatic heterocycles. The molecule has 0 atom stereocenters. The van der Waals surface area contributed by atoms with Gasteiger partial charge >= 0.3 is 0 Å². The highest BCUT2D eigenvalue weighted by atomic mass is 35.5. The highest BCUT2D eigenvalue weighted by Crippen LogP contribution is 2.27.